The summed E-state index contributed by atoms with van der Waals surface area (Å²) in [5, 5.41) is 5.50. The lowest BCUT2D eigenvalue weighted by molar-refractivity contribution is -0.124. The zero-order chi connectivity index (χ0) is 16.2. The van der Waals surface area contributed by atoms with Gasteiger partial charge in [0.2, 0.25) is 5.91 Å². The zero-order valence-corrected chi connectivity index (χ0v) is 13.0. The summed E-state index contributed by atoms with van der Waals surface area (Å²) in [7, 11) is 0. The van der Waals surface area contributed by atoms with Gasteiger partial charge in [0.1, 0.15) is 17.7 Å². The predicted molar refractivity (Wildman–Crippen MR) is 84.2 cm³/mol. The molecular weight excluding hydrogens is 294 g/mol. The fourth-order valence-electron chi connectivity index (χ4n) is 2.62. The van der Waals surface area contributed by atoms with Crippen LogP contribution in [0.4, 0.5) is 0 Å². The molecule has 3 heterocycles. The van der Waals surface area contributed by atoms with Crippen molar-refractivity contribution in [2.24, 2.45) is 0 Å². The maximum Gasteiger partial charge on any atom is 0.253 e. The van der Waals surface area contributed by atoms with Gasteiger partial charge in [0.25, 0.3) is 5.91 Å². The molecule has 3 rings (SSSR count). The highest BCUT2D eigenvalue weighted by Gasteiger charge is 2.24. The van der Waals surface area contributed by atoms with Gasteiger partial charge in [-0.25, -0.2) is 9.97 Å². The van der Waals surface area contributed by atoms with Crippen LogP contribution in [-0.2, 0) is 11.2 Å². The third-order valence-electron chi connectivity index (χ3n) is 3.88. The van der Waals surface area contributed by atoms with Gasteiger partial charge in [-0.2, -0.15) is 0 Å². The summed E-state index contributed by atoms with van der Waals surface area (Å²) in [5.41, 5.74) is 0.435. The van der Waals surface area contributed by atoms with Gasteiger partial charge in [0, 0.05) is 31.6 Å². The Bertz CT molecular complexity index is 708. The Balaban J connectivity index is 1.71. The minimum Gasteiger partial charge on any atom is -0.354 e. The van der Waals surface area contributed by atoms with E-state index in [0.717, 1.165) is 18.7 Å². The molecule has 1 fully saturated rings. The van der Waals surface area contributed by atoms with Crippen molar-refractivity contribution in [3.05, 3.63) is 42.1 Å². The topological polar surface area (TPSA) is 88.9 Å². The molecule has 23 heavy (non-hydrogen) atoms. The predicted octanol–water partition coefficient (Wildman–Crippen LogP) is 0.838. The highest BCUT2D eigenvalue weighted by atomic mass is 16.2. The highest BCUT2D eigenvalue weighted by molar-refractivity contribution is 5.97. The van der Waals surface area contributed by atoms with E-state index in [1.807, 2.05) is 17.7 Å². The maximum absolute atomic E-state index is 12.2. The first kappa shape index (κ1) is 15.2. The van der Waals surface area contributed by atoms with Gasteiger partial charge in [-0.15, -0.1) is 0 Å². The Morgan fingerprint density at radius 2 is 2.30 bits per heavy atom. The van der Waals surface area contributed by atoms with E-state index in [9.17, 15) is 9.59 Å². The standard InChI is InChI=1S/C16H19N5O2/c1-2-13-17-8-9-21(13)14-6-5-11(10-19-14)15(22)20-12-4-3-7-18-16(12)23/h5-6,8-10,12H,2-4,7H2,1H3,(H,18,23)(H,20,22). The maximum atomic E-state index is 12.2. The highest BCUT2D eigenvalue weighted by Crippen LogP contribution is 2.10. The molecule has 0 radical (unpaired) electrons. The quantitative estimate of drug-likeness (QED) is 0.875. The molecule has 1 aliphatic rings. The summed E-state index contributed by atoms with van der Waals surface area (Å²) < 4.78 is 1.89. The first-order valence-electron chi connectivity index (χ1n) is 7.76. The van der Waals surface area contributed by atoms with Crippen molar-refractivity contribution in [3.8, 4) is 5.82 Å². The van der Waals surface area contributed by atoms with Crippen LogP contribution in [0.25, 0.3) is 5.82 Å². The molecular formula is C16H19N5O2. The van der Waals surface area contributed by atoms with E-state index in [0.29, 0.717) is 24.3 Å². The number of pyridine rings is 1. The Morgan fingerprint density at radius 3 is 3.00 bits per heavy atom. The van der Waals surface area contributed by atoms with Crippen LogP contribution in [0.2, 0.25) is 0 Å². The number of piperidine rings is 1. The number of nitrogens with one attached hydrogen (secondary N) is 2. The molecule has 2 aromatic rings. The van der Waals surface area contributed by atoms with Crippen LogP contribution in [0.3, 0.4) is 0 Å². The summed E-state index contributed by atoms with van der Waals surface area (Å²) in [4.78, 5) is 32.5. The lowest BCUT2D eigenvalue weighted by Crippen LogP contribution is -2.50. The minimum absolute atomic E-state index is 0.125. The van der Waals surface area contributed by atoms with Crippen molar-refractivity contribution in [3.63, 3.8) is 0 Å². The molecule has 1 saturated heterocycles. The third-order valence-corrected chi connectivity index (χ3v) is 3.88. The average molecular weight is 313 g/mol. The van der Waals surface area contributed by atoms with Crippen LogP contribution in [0.15, 0.2) is 30.7 Å². The molecule has 2 aromatic heterocycles. The fourth-order valence-corrected chi connectivity index (χ4v) is 2.62. The number of aryl methyl sites for hydroxylation is 1. The summed E-state index contributed by atoms with van der Waals surface area (Å²) in [6, 6.07) is 3.02. The summed E-state index contributed by atoms with van der Waals surface area (Å²) in [5.74, 6) is 1.22. The number of nitrogens with zero attached hydrogens (tertiary/aromatic N) is 3. The van der Waals surface area contributed by atoms with E-state index >= 15 is 0 Å². The first-order valence-corrected chi connectivity index (χ1v) is 7.76. The van der Waals surface area contributed by atoms with Gasteiger partial charge in [0.15, 0.2) is 0 Å². The minimum atomic E-state index is -0.462. The molecule has 2 amide bonds. The molecule has 1 atom stereocenters. The number of carbonyl (C=O) groups is 2. The molecule has 0 spiro atoms. The zero-order valence-electron chi connectivity index (χ0n) is 13.0. The van der Waals surface area contributed by atoms with Gasteiger partial charge in [0.05, 0.1) is 5.56 Å². The second kappa shape index (κ2) is 6.60. The van der Waals surface area contributed by atoms with Gasteiger partial charge in [-0.05, 0) is 25.0 Å². The molecule has 0 aliphatic carbocycles. The molecule has 1 unspecified atom stereocenters. The monoisotopic (exact) mass is 313 g/mol. The normalized spacial score (nSPS) is 17.6. The second-order valence-electron chi connectivity index (χ2n) is 5.43. The van der Waals surface area contributed by atoms with Gasteiger partial charge < -0.3 is 10.6 Å². The molecule has 0 saturated carbocycles. The van der Waals surface area contributed by atoms with Gasteiger partial charge in [-0.3, -0.25) is 14.2 Å². The van der Waals surface area contributed by atoms with E-state index in [1.54, 1.807) is 18.3 Å². The Kier molecular flexibility index (Phi) is 4.36. The second-order valence-corrected chi connectivity index (χ2v) is 5.43. The molecule has 7 heteroatoms. The number of rotatable bonds is 4. The van der Waals surface area contributed by atoms with E-state index in [1.165, 1.54) is 6.20 Å². The first-order chi connectivity index (χ1) is 11.2. The number of imidazole rings is 1. The lowest BCUT2D eigenvalue weighted by atomic mass is 10.1. The molecule has 0 aromatic carbocycles. The van der Waals surface area contributed by atoms with Crippen molar-refractivity contribution in [1.82, 2.24) is 25.2 Å². The smallest absolute Gasteiger partial charge is 0.253 e. The Morgan fingerprint density at radius 1 is 1.43 bits per heavy atom. The molecule has 0 bridgehead atoms. The van der Waals surface area contributed by atoms with Crippen LogP contribution in [-0.4, -0.2) is 38.9 Å². The van der Waals surface area contributed by atoms with Crippen molar-refractivity contribution >= 4 is 11.8 Å². The van der Waals surface area contributed by atoms with Gasteiger partial charge in [-0.1, -0.05) is 6.92 Å². The SMILES string of the molecule is CCc1nccn1-c1ccc(C(=O)NC2CCCNC2=O)cn1. The van der Waals surface area contributed by atoms with Crippen molar-refractivity contribution < 1.29 is 9.59 Å². The number of amides is 2. The van der Waals surface area contributed by atoms with E-state index in [2.05, 4.69) is 20.6 Å². The van der Waals surface area contributed by atoms with Crippen LogP contribution < -0.4 is 10.6 Å². The van der Waals surface area contributed by atoms with Crippen LogP contribution in [0.1, 0.15) is 35.9 Å². The van der Waals surface area contributed by atoms with E-state index < -0.39 is 6.04 Å². The number of carbonyl (C=O) groups excluding carboxylic acids is 2. The number of hydrogen-bond donors (Lipinski definition) is 2. The summed E-state index contributed by atoms with van der Waals surface area (Å²) in [6.07, 6.45) is 7.42. The number of aromatic nitrogens is 3. The van der Waals surface area contributed by atoms with E-state index in [4.69, 9.17) is 0 Å². The fraction of sp³-hybridized carbons (Fsp3) is 0.375. The summed E-state index contributed by atoms with van der Waals surface area (Å²) >= 11 is 0. The van der Waals surface area contributed by atoms with Crippen molar-refractivity contribution in [2.45, 2.75) is 32.2 Å². The van der Waals surface area contributed by atoms with Crippen molar-refractivity contribution in [1.29, 1.82) is 0 Å². The molecule has 120 valence electrons. The average Bonchev–Trinajstić information content (AvgIpc) is 3.05. The van der Waals surface area contributed by atoms with Crippen LogP contribution in [0.5, 0.6) is 0 Å². The van der Waals surface area contributed by atoms with Crippen molar-refractivity contribution in [2.75, 3.05) is 6.54 Å². The molecule has 7 nitrogen and oxygen atoms in total. The Hall–Kier alpha value is -2.70. The Labute approximate surface area is 134 Å². The van der Waals surface area contributed by atoms with Crippen LogP contribution >= 0.6 is 0 Å². The third kappa shape index (κ3) is 3.23. The molecule has 1 aliphatic heterocycles. The van der Waals surface area contributed by atoms with Gasteiger partial charge >= 0.3 is 0 Å². The number of hydrogen-bond acceptors (Lipinski definition) is 4. The molecule has 2 N–H and O–H groups in total. The lowest BCUT2D eigenvalue weighted by Gasteiger charge is -2.22. The van der Waals surface area contributed by atoms with Crippen LogP contribution in [0, 0.1) is 0 Å². The largest absolute Gasteiger partial charge is 0.354 e. The summed E-state index contributed by atoms with van der Waals surface area (Å²) in [6.45, 7) is 2.70. The van der Waals surface area contributed by atoms with E-state index in [-0.39, 0.29) is 11.8 Å².